The van der Waals surface area contributed by atoms with E-state index in [1.54, 1.807) is 30.3 Å². The molecular formula is C18H15Cl2FN2O2. The summed E-state index contributed by atoms with van der Waals surface area (Å²) in [5.74, 6) is -1.36. The molecule has 25 heavy (non-hydrogen) atoms. The fraction of sp³-hybridized carbons (Fsp3) is 0.222. The van der Waals surface area contributed by atoms with Gasteiger partial charge in [-0.1, -0.05) is 41.4 Å². The van der Waals surface area contributed by atoms with E-state index >= 15 is 0 Å². The molecule has 0 aliphatic carbocycles. The largest absolute Gasteiger partial charge is 0.355 e. The summed E-state index contributed by atoms with van der Waals surface area (Å²) in [6.45, 7) is 0.308. The average molecular weight is 381 g/mol. The molecule has 4 nitrogen and oxygen atoms in total. The third-order valence-corrected chi connectivity index (χ3v) is 4.66. The van der Waals surface area contributed by atoms with Crippen molar-refractivity contribution in [2.75, 3.05) is 6.54 Å². The number of hydrogen-bond acceptors (Lipinski definition) is 2. The van der Waals surface area contributed by atoms with Gasteiger partial charge in [0.1, 0.15) is 5.82 Å². The van der Waals surface area contributed by atoms with Crippen molar-refractivity contribution in [1.82, 2.24) is 10.6 Å². The lowest BCUT2D eigenvalue weighted by molar-refractivity contribution is -0.126. The van der Waals surface area contributed by atoms with E-state index < -0.39 is 17.8 Å². The van der Waals surface area contributed by atoms with Crippen LogP contribution in [0, 0.1) is 11.7 Å². The Morgan fingerprint density at radius 1 is 1.16 bits per heavy atom. The second kappa shape index (κ2) is 7.42. The number of amides is 2. The summed E-state index contributed by atoms with van der Waals surface area (Å²) in [4.78, 5) is 23.9. The summed E-state index contributed by atoms with van der Waals surface area (Å²) in [7, 11) is 0. The molecule has 1 saturated heterocycles. The third-order valence-electron chi connectivity index (χ3n) is 4.12. The Kier molecular flexibility index (Phi) is 5.25. The molecule has 1 fully saturated rings. The molecule has 2 atom stereocenters. The van der Waals surface area contributed by atoms with Gasteiger partial charge in [0.25, 0.3) is 0 Å². The molecule has 1 aliphatic heterocycles. The van der Waals surface area contributed by atoms with Crippen LogP contribution in [0.5, 0.6) is 0 Å². The minimum absolute atomic E-state index is 0.0246. The van der Waals surface area contributed by atoms with Crippen molar-refractivity contribution < 1.29 is 14.0 Å². The first-order valence-electron chi connectivity index (χ1n) is 7.71. The zero-order chi connectivity index (χ0) is 18.0. The summed E-state index contributed by atoms with van der Waals surface area (Å²) in [5.41, 5.74) is 1.41. The topological polar surface area (TPSA) is 58.2 Å². The molecule has 130 valence electrons. The standard InChI is InChI=1S/C18H15Cl2FN2O2/c19-13-4-1-10(2-5-13)17(11-3-6-15(21)14(20)7-11)23-18(25)12-8-16(24)22-9-12/h1-7,12,17H,8-9H2,(H,22,24)(H,23,25)/t12-,17?/m0/s1. The molecule has 0 saturated carbocycles. The van der Waals surface area contributed by atoms with Gasteiger partial charge in [-0.05, 0) is 35.4 Å². The summed E-state index contributed by atoms with van der Waals surface area (Å²) in [6, 6.07) is 10.8. The molecule has 2 amide bonds. The van der Waals surface area contributed by atoms with Gasteiger partial charge >= 0.3 is 0 Å². The number of carbonyl (C=O) groups is 2. The van der Waals surface area contributed by atoms with Crippen LogP contribution < -0.4 is 10.6 Å². The zero-order valence-electron chi connectivity index (χ0n) is 13.1. The van der Waals surface area contributed by atoms with Gasteiger partial charge < -0.3 is 10.6 Å². The van der Waals surface area contributed by atoms with E-state index in [2.05, 4.69) is 10.6 Å². The second-order valence-electron chi connectivity index (χ2n) is 5.87. The van der Waals surface area contributed by atoms with Crippen LogP contribution >= 0.6 is 23.2 Å². The highest BCUT2D eigenvalue weighted by atomic mass is 35.5. The minimum Gasteiger partial charge on any atom is -0.355 e. The number of nitrogens with one attached hydrogen (secondary N) is 2. The molecule has 2 aromatic rings. The van der Waals surface area contributed by atoms with Crippen LogP contribution in [0.2, 0.25) is 10.0 Å². The van der Waals surface area contributed by atoms with E-state index in [-0.39, 0.29) is 23.3 Å². The average Bonchev–Trinajstić information content (AvgIpc) is 3.03. The number of halogens is 3. The van der Waals surface area contributed by atoms with Gasteiger partial charge in [0.15, 0.2) is 0 Å². The van der Waals surface area contributed by atoms with Crippen molar-refractivity contribution in [1.29, 1.82) is 0 Å². The van der Waals surface area contributed by atoms with Crippen LogP contribution in [0.1, 0.15) is 23.6 Å². The molecule has 3 rings (SSSR count). The van der Waals surface area contributed by atoms with Crippen molar-refractivity contribution >= 4 is 35.0 Å². The molecule has 2 aromatic carbocycles. The molecule has 0 spiro atoms. The molecule has 1 heterocycles. The lowest BCUT2D eigenvalue weighted by Crippen LogP contribution is -2.35. The summed E-state index contributed by atoms with van der Waals surface area (Å²) >= 11 is 11.8. The molecule has 0 radical (unpaired) electrons. The molecule has 1 aliphatic rings. The molecule has 0 bridgehead atoms. The monoisotopic (exact) mass is 380 g/mol. The van der Waals surface area contributed by atoms with Crippen LogP contribution in [-0.2, 0) is 9.59 Å². The Hall–Kier alpha value is -2.11. The molecule has 0 aromatic heterocycles. The molecular weight excluding hydrogens is 366 g/mol. The fourth-order valence-electron chi connectivity index (χ4n) is 2.76. The molecule has 1 unspecified atom stereocenters. The third kappa shape index (κ3) is 4.11. The van der Waals surface area contributed by atoms with Crippen molar-refractivity contribution in [3.05, 3.63) is 69.5 Å². The van der Waals surface area contributed by atoms with Crippen molar-refractivity contribution in [3.8, 4) is 0 Å². The van der Waals surface area contributed by atoms with E-state index in [9.17, 15) is 14.0 Å². The number of rotatable bonds is 4. The quantitative estimate of drug-likeness (QED) is 0.852. The van der Waals surface area contributed by atoms with E-state index in [0.29, 0.717) is 17.1 Å². The normalized spacial score (nSPS) is 17.9. The summed E-state index contributed by atoms with van der Waals surface area (Å²) in [5, 5.41) is 6.10. The van der Waals surface area contributed by atoms with Crippen LogP contribution in [-0.4, -0.2) is 18.4 Å². The fourth-order valence-corrected chi connectivity index (χ4v) is 3.07. The Labute approximate surface area is 154 Å². The van der Waals surface area contributed by atoms with Crippen molar-refractivity contribution in [2.24, 2.45) is 5.92 Å². The maximum absolute atomic E-state index is 13.5. The van der Waals surface area contributed by atoms with Crippen LogP contribution in [0.15, 0.2) is 42.5 Å². The zero-order valence-corrected chi connectivity index (χ0v) is 14.6. The SMILES string of the molecule is O=C1C[C@H](C(=O)NC(c2ccc(Cl)cc2)c2ccc(F)c(Cl)c2)CN1. The predicted octanol–water partition coefficient (Wildman–Crippen LogP) is 3.47. The van der Waals surface area contributed by atoms with Gasteiger partial charge in [0, 0.05) is 18.0 Å². The maximum atomic E-state index is 13.5. The summed E-state index contributed by atoms with van der Waals surface area (Å²) in [6.07, 6.45) is 0.156. The lowest BCUT2D eigenvalue weighted by atomic mass is 9.97. The Morgan fingerprint density at radius 2 is 1.84 bits per heavy atom. The first-order chi connectivity index (χ1) is 11.9. The Morgan fingerprint density at radius 3 is 2.44 bits per heavy atom. The molecule has 2 N–H and O–H groups in total. The molecule has 7 heteroatoms. The van der Waals surface area contributed by atoms with Gasteiger partial charge in [0.2, 0.25) is 11.8 Å². The highest BCUT2D eigenvalue weighted by Crippen LogP contribution is 2.27. The number of hydrogen-bond donors (Lipinski definition) is 2. The Bertz CT molecular complexity index is 811. The smallest absolute Gasteiger partial charge is 0.226 e. The highest BCUT2D eigenvalue weighted by Gasteiger charge is 2.30. The summed E-state index contributed by atoms with van der Waals surface area (Å²) < 4.78 is 13.5. The predicted molar refractivity (Wildman–Crippen MR) is 94.0 cm³/mol. The van der Waals surface area contributed by atoms with Crippen LogP contribution in [0.3, 0.4) is 0 Å². The Balaban J connectivity index is 1.91. The van der Waals surface area contributed by atoms with Crippen molar-refractivity contribution in [3.63, 3.8) is 0 Å². The second-order valence-corrected chi connectivity index (χ2v) is 6.72. The van der Waals surface area contributed by atoms with E-state index in [0.717, 1.165) is 5.56 Å². The van der Waals surface area contributed by atoms with Crippen LogP contribution in [0.4, 0.5) is 4.39 Å². The lowest BCUT2D eigenvalue weighted by Gasteiger charge is -2.22. The van der Waals surface area contributed by atoms with Gasteiger partial charge in [-0.25, -0.2) is 4.39 Å². The maximum Gasteiger partial charge on any atom is 0.226 e. The first kappa shape index (κ1) is 17.7. The number of benzene rings is 2. The van der Waals surface area contributed by atoms with E-state index in [4.69, 9.17) is 23.2 Å². The van der Waals surface area contributed by atoms with Gasteiger partial charge in [0.05, 0.1) is 17.0 Å². The first-order valence-corrected chi connectivity index (χ1v) is 8.47. The number of carbonyl (C=O) groups excluding carboxylic acids is 2. The van der Waals surface area contributed by atoms with Gasteiger partial charge in [-0.15, -0.1) is 0 Å². The van der Waals surface area contributed by atoms with E-state index in [1.807, 2.05) is 0 Å². The van der Waals surface area contributed by atoms with Gasteiger partial charge in [-0.3, -0.25) is 9.59 Å². The van der Waals surface area contributed by atoms with Gasteiger partial charge in [-0.2, -0.15) is 0 Å². The van der Waals surface area contributed by atoms with Crippen LogP contribution in [0.25, 0.3) is 0 Å². The van der Waals surface area contributed by atoms with E-state index in [1.165, 1.54) is 12.1 Å². The van der Waals surface area contributed by atoms with Crippen molar-refractivity contribution in [2.45, 2.75) is 12.5 Å². The highest BCUT2D eigenvalue weighted by molar-refractivity contribution is 6.31. The minimum atomic E-state index is -0.530.